The largest absolute Gasteiger partial charge is 0.391 e. The van der Waals surface area contributed by atoms with Crippen molar-refractivity contribution < 1.29 is 5.11 Å². The van der Waals surface area contributed by atoms with Gasteiger partial charge >= 0.3 is 0 Å². The maximum atomic E-state index is 10.0. The molecule has 1 spiro atoms. The molecule has 1 aromatic rings. The van der Waals surface area contributed by atoms with Crippen LogP contribution in [0.2, 0.25) is 0 Å². The van der Waals surface area contributed by atoms with E-state index in [1.54, 1.807) is 11.8 Å². The molecule has 1 aromatic carbocycles. The number of hydrogen-bond acceptors (Lipinski definition) is 4. The van der Waals surface area contributed by atoms with E-state index < -0.39 is 0 Å². The van der Waals surface area contributed by atoms with Crippen LogP contribution in [0.1, 0.15) is 31.2 Å². The number of benzene rings is 1. The third-order valence-corrected chi connectivity index (χ3v) is 6.63. The Morgan fingerprint density at radius 2 is 1.58 bits per heavy atom. The lowest BCUT2D eigenvalue weighted by molar-refractivity contribution is 0.0192. The molecule has 0 saturated carbocycles. The van der Waals surface area contributed by atoms with E-state index in [0.29, 0.717) is 5.41 Å². The van der Waals surface area contributed by atoms with Crippen molar-refractivity contribution in [1.29, 1.82) is 0 Å². The molecule has 1 unspecified atom stereocenters. The van der Waals surface area contributed by atoms with Gasteiger partial charge in [-0.15, -0.1) is 0 Å². The van der Waals surface area contributed by atoms with Crippen LogP contribution in [0.3, 0.4) is 0 Å². The molecule has 2 fully saturated rings. The fourth-order valence-corrected chi connectivity index (χ4v) is 4.77. The van der Waals surface area contributed by atoms with Gasteiger partial charge in [0.1, 0.15) is 0 Å². The number of piperidine rings is 2. The Balaban J connectivity index is 1.42. The molecule has 24 heavy (non-hydrogen) atoms. The van der Waals surface area contributed by atoms with Gasteiger partial charge in [-0.3, -0.25) is 4.90 Å². The summed E-state index contributed by atoms with van der Waals surface area (Å²) >= 11 is 1.74. The topological polar surface area (TPSA) is 26.7 Å². The van der Waals surface area contributed by atoms with Gasteiger partial charge in [-0.05, 0) is 69.1 Å². The number of rotatable bonds is 6. The van der Waals surface area contributed by atoms with Crippen molar-refractivity contribution in [3.05, 3.63) is 35.9 Å². The zero-order chi connectivity index (χ0) is 16.8. The highest BCUT2D eigenvalue weighted by Crippen LogP contribution is 2.41. The lowest BCUT2D eigenvalue weighted by Crippen LogP contribution is -2.48. The normalized spacial score (nSPS) is 23.4. The smallest absolute Gasteiger partial charge is 0.0757 e. The summed E-state index contributed by atoms with van der Waals surface area (Å²) in [5.74, 6) is 0.857. The molecular weight excluding hydrogens is 316 g/mol. The van der Waals surface area contributed by atoms with E-state index in [1.807, 2.05) is 0 Å². The molecule has 0 aromatic heterocycles. The quantitative estimate of drug-likeness (QED) is 0.855. The molecular formula is C20H32N2OS. The third kappa shape index (κ3) is 4.98. The third-order valence-electron chi connectivity index (χ3n) is 5.91. The fourth-order valence-electron chi connectivity index (χ4n) is 4.28. The van der Waals surface area contributed by atoms with Gasteiger partial charge < -0.3 is 10.0 Å². The molecule has 1 atom stereocenters. The molecule has 1 N–H and O–H groups in total. The Morgan fingerprint density at radius 1 is 1.00 bits per heavy atom. The number of aliphatic hydroxyl groups excluding tert-OH is 1. The van der Waals surface area contributed by atoms with Crippen LogP contribution in [0.5, 0.6) is 0 Å². The molecule has 0 aliphatic carbocycles. The van der Waals surface area contributed by atoms with Crippen LogP contribution in [-0.4, -0.2) is 65.7 Å². The lowest BCUT2D eigenvalue weighted by Gasteiger charge is -2.47. The molecule has 3 rings (SSSR count). The van der Waals surface area contributed by atoms with Gasteiger partial charge in [0.05, 0.1) is 6.10 Å². The van der Waals surface area contributed by atoms with E-state index in [1.165, 1.54) is 57.4 Å². The molecule has 0 amide bonds. The highest BCUT2D eigenvalue weighted by molar-refractivity contribution is 7.98. The summed E-state index contributed by atoms with van der Waals surface area (Å²) in [7, 11) is 0. The standard InChI is InChI=1S/C20H32N2OS/c1-24-17-19(23)16-22-13-9-20(10-14-22)7-11-21(12-8-20)15-18-5-3-2-4-6-18/h2-6,19,23H,7-17H2,1H3. The first-order valence-corrected chi connectivity index (χ1v) is 10.7. The first-order valence-electron chi connectivity index (χ1n) is 9.35. The van der Waals surface area contributed by atoms with Gasteiger partial charge in [-0.1, -0.05) is 30.3 Å². The van der Waals surface area contributed by atoms with E-state index in [0.717, 1.165) is 18.8 Å². The van der Waals surface area contributed by atoms with Crippen molar-refractivity contribution >= 4 is 11.8 Å². The van der Waals surface area contributed by atoms with Crippen LogP contribution in [-0.2, 0) is 6.54 Å². The highest BCUT2D eigenvalue weighted by atomic mass is 32.2. The molecule has 0 bridgehead atoms. The zero-order valence-electron chi connectivity index (χ0n) is 15.0. The molecule has 2 aliphatic heterocycles. The molecule has 4 heteroatoms. The van der Waals surface area contributed by atoms with Crippen LogP contribution in [0.4, 0.5) is 0 Å². The second-order valence-electron chi connectivity index (χ2n) is 7.67. The first kappa shape index (κ1) is 18.2. The maximum absolute atomic E-state index is 10.0. The summed E-state index contributed by atoms with van der Waals surface area (Å²) in [5, 5.41) is 10.0. The van der Waals surface area contributed by atoms with Crippen LogP contribution in [0.15, 0.2) is 30.3 Å². The summed E-state index contributed by atoms with van der Waals surface area (Å²) in [4.78, 5) is 5.09. The Bertz CT molecular complexity index is 478. The number of hydrogen-bond donors (Lipinski definition) is 1. The summed E-state index contributed by atoms with van der Waals surface area (Å²) < 4.78 is 0. The minimum atomic E-state index is -0.165. The van der Waals surface area contributed by atoms with Crippen molar-refractivity contribution in [2.75, 3.05) is 44.7 Å². The van der Waals surface area contributed by atoms with Crippen molar-refractivity contribution in [1.82, 2.24) is 9.80 Å². The Morgan fingerprint density at radius 3 is 2.17 bits per heavy atom. The van der Waals surface area contributed by atoms with Gasteiger partial charge in [0, 0.05) is 18.8 Å². The Kier molecular flexibility index (Phi) is 6.62. The first-order chi connectivity index (χ1) is 11.7. The second kappa shape index (κ2) is 8.70. The number of thioether (sulfide) groups is 1. The minimum absolute atomic E-state index is 0.165. The molecule has 2 heterocycles. The van der Waals surface area contributed by atoms with E-state index >= 15 is 0 Å². The molecule has 2 saturated heterocycles. The fraction of sp³-hybridized carbons (Fsp3) is 0.700. The number of likely N-dealkylation sites (tertiary alicyclic amines) is 2. The van der Waals surface area contributed by atoms with Gasteiger partial charge in [-0.2, -0.15) is 11.8 Å². The van der Waals surface area contributed by atoms with Crippen molar-refractivity contribution in [3.8, 4) is 0 Å². The van der Waals surface area contributed by atoms with Crippen molar-refractivity contribution in [3.63, 3.8) is 0 Å². The van der Waals surface area contributed by atoms with Crippen LogP contribution in [0.25, 0.3) is 0 Å². The predicted molar refractivity (Wildman–Crippen MR) is 103 cm³/mol. The maximum Gasteiger partial charge on any atom is 0.0757 e. The number of β-amino-alcohol motifs (C(OH)–C–C–N with tert-alkyl or cyclic N) is 1. The average Bonchev–Trinajstić information content (AvgIpc) is 2.61. The number of nitrogens with zero attached hydrogens (tertiary/aromatic N) is 2. The molecule has 3 nitrogen and oxygen atoms in total. The molecule has 0 radical (unpaired) electrons. The van der Waals surface area contributed by atoms with E-state index in [9.17, 15) is 5.11 Å². The number of aliphatic hydroxyl groups is 1. The summed E-state index contributed by atoms with van der Waals surface area (Å²) in [6.07, 6.45) is 7.23. The van der Waals surface area contributed by atoms with E-state index in [-0.39, 0.29) is 6.10 Å². The monoisotopic (exact) mass is 348 g/mol. The van der Waals surface area contributed by atoms with Crippen LogP contribution < -0.4 is 0 Å². The average molecular weight is 349 g/mol. The summed E-state index contributed by atoms with van der Waals surface area (Å²) in [6.45, 7) is 6.78. The van der Waals surface area contributed by atoms with Crippen LogP contribution >= 0.6 is 11.8 Å². The van der Waals surface area contributed by atoms with Crippen molar-refractivity contribution in [2.24, 2.45) is 5.41 Å². The molecule has 134 valence electrons. The Labute approximate surface area is 151 Å². The van der Waals surface area contributed by atoms with Gasteiger partial charge in [0.15, 0.2) is 0 Å². The SMILES string of the molecule is CSCC(O)CN1CCC2(CCN(Cc3ccccc3)CC2)CC1. The van der Waals surface area contributed by atoms with Gasteiger partial charge in [0.2, 0.25) is 0 Å². The molecule has 2 aliphatic rings. The minimum Gasteiger partial charge on any atom is -0.391 e. The second-order valence-corrected chi connectivity index (χ2v) is 8.58. The van der Waals surface area contributed by atoms with E-state index in [4.69, 9.17) is 0 Å². The van der Waals surface area contributed by atoms with Gasteiger partial charge in [-0.25, -0.2) is 0 Å². The summed E-state index contributed by atoms with van der Waals surface area (Å²) in [6, 6.07) is 10.9. The zero-order valence-corrected chi connectivity index (χ0v) is 15.8. The predicted octanol–water partition coefficient (Wildman–Crippen LogP) is 3.09. The summed E-state index contributed by atoms with van der Waals surface area (Å²) in [5.41, 5.74) is 2.01. The van der Waals surface area contributed by atoms with E-state index in [2.05, 4.69) is 46.4 Å². The highest BCUT2D eigenvalue weighted by Gasteiger charge is 2.37. The van der Waals surface area contributed by atoms with Gasteiger partial charge in [0.25, 0.3) is 0 Å². The Hall–Kier alpha value is -0.550. The van der Waals surface area contributed by atoms with Crippen molar-refractivity contribution in [2.45, 2.75) is 38.3 Å². The lowest BCUT2D eigenvalue weighted by atomic mass is 9.71. The van der Waals surface area contributed by atoms with Crippen LogP contribution in [0, 0.1) is 5.41 Å².